The molecule has 0 aliphatic carbocycles. The van der Waals surface area contributed by atoms with E-state index in [1.165, 1.54) is 0 Å². The van der Waals surface area contributed by atoms with Gasteiger partial charge in [-0.3, -0.25) is 4.79 Å². The van der Waals surface area contributed by atoms with Crippen molar-refractivity contribution in [1.82, 2.24) is 5.32 Å². The van der Waals surface area contributed by atoms with Gasteiger partial charge in [-0.15, -0.1) is 0 Å². The molecule has 4 nitrogen and oxygen atoms in total. The first-order chi connectivity index (χ1) is 8.68. The first-order valence-electron chi connectivity index (χ1n) is 6.26. The molecular weight excluding hydrogens is 230 g/mol. The summed E-state index contributed by atoms with van der Waals surface area (Å²) >= 11 is 0. The van der Waals surface area contributed by atoms with Crippen molar-refractivity contribution in [3.05, 3.63) is 30.3 Å². The molecule has 1 atom stereocenters. The summed E-state index contributed by atoms with van der Waals surface area (Å²) < 4.78 is 11.0. The van der Waals surface area contributed by atoms with Crippen molar-refractivity contribution in [3.63, 3.8) is 0 Å². The van der Waals surface area contributed by atoms with Crippen LogP contribution in [0.1, 0.15) is 19.8 Å². The van der Waals surface area contributed by atoms with E-state index in [0.29, 0.717) is 12.3 Å². The van der Waals surface area contributed by atoms with E-state index < -0.39 is 0 Å². The lowest BCUT2D eigenvalue weighted by molar-refractivity contribution is -0.124. The number of benzene rings is 1. The normalized spacial score (nSPS) is 22.7. The molecule has 1 amide bonds. The summed E-state index contributed by atoms with van der Waals surface area (Å²) in [6.45, 7) is 3.40. The van der Waals surface area contributed by atoms with Gasteiger partial charge in [-0.2, -0.15) is 0 Å². The number of carbonyl (C=O) groups excluding carboxylic acids is 1. The third-order valence-electron chi connectivity index (χ3n) is 3.07. The van der Waals surface area contributed by atoms with Gasteiger partial charge in [-0.05, 0) is 31.9 Å². The van der Waals surface area contributed by atoms with Crippen LogP contribution in [-0.2, 0) is 9.53 Å². The summed E-state index contributed by atoms with van der Waals surface area (Å²) in [5, 5.41) is 2.85. The Morgan fingerprint density at radius 3 is 2.89 bits per heavy atom. The molecule has 0 saturated carbocycles. The number of amides is 1. The van der Waals surface area contributed by atoms with Crippen LogP contribution < -0.4 is 10.1 Å². The summed E-state index contributed by atoms with van der Waals surface area (Å²) in [5.41, 5.74) is -0.206. The fraction of sp³-hybridized carbons (Fsp3) is 0.500. The molecule has 4 heteroatoms. The Balaban J connectivity index is 1.69. The zero-order valence-corrected chi connectivity index (χ0v) is 10.6. The van der Waals surface area contributed by atoms with Crippen molar-refractivity contribution >= 4 is 5.91 Å². The molecule has 1 fully saturated rings. The summed E-state index contributed by atoms with van der Waals surface area (Å²) in [7, 11) is 0. The maximum Gasteiger partial charge on any atom is 0.258 e. The van der Waals surface area contributed by atoms with Crippen molar-refractivity contribution in [1.29, 1.82) is 0 Å². The van der Waals surface area contributed by atoms with Crippen LogP contribution in [0, 0.1) is 0 Å². The fourth-order valence-electron chi connectivity index (χ4n) is 1.98. The molecule has 0 bridgehead atoms. The number of nitrogens with one attached hydrogen (secondary N) is 1. The van der Waals surface area contributed by atoms with E-state index in [1.54, 1.807) is 0 Å². The van der Waals surface area contributed by atoms with Gasteiger partial charge in [-0.25, -0.2) is 0 Å². The largest absolute Gasteiger partial charge is 0.484 e. The highest BCUT2D eigenvalue weighted by atomic mass is 16.5. The molecule has 1 aromatic rings. The van der Waals surface area contributed by atoms with Crippen LogP contribution in [0.15, 0.2) is 30.3 Å². The zero-order chi connectivity index (χ0) is 12.8. The van der Waals surface area contributed by atoms with E-state index in [-0.39, 0.29) is 18.1 Å². The predicted octanol–water partition coefficient (Wildman–Crippen LogP) is 1.75. The van der Waals surface area contributed by atoms with Crippen LogP contribution in [-0.4, -0.2) is 31.3 Å². The molecule has 1 aliphatic heterocycles. The van der Waals surface area contributed by atoms with E-state index in [0.717, 1.165) is 19.4 Å². The summed E-state index contributed by atoms with van der Waals surface area (Å²) in [5.74, 6) is 0.589. The summed E-state index contributed by atoms with van der Waals surface area (Å²) in [4.78, 5) is 11.6. The Kier molecular flexibility index (Phi) is 4.20. The minimum atomic E-state index is -0.206. The van der Waals surface area contributed by atoms with Gasteiger partial charge in [0.05, 0.1) is 5.60 Å². The van der Waals surface area contributed by atoms with Crippen molar-refractivity contribution in [2.24, 2.45) is 0 Å². The van der Waals surface area contributed by atoms with Gasteiger partial charge in [0.15, 0.2) is 6.61 Å². The third kappa shape index (κ3) is 3.74. The SMILES string of the molecule is C[C@@]1(CNC(=O)COc2ccccc2)CCCO1. The van der Waals surface area contributed by atoms with E-state index in [1.807, 2.05) is 37.3 Å². The average molecular weight is 249 g/mol. The molecule has 18 heavy (non-hydrogen) atoms. The van der Waals surface area contributed by atoms with Crippen LogP contribution in [0.2, 0.25) is 0 Å². The maximum atomic E-state index is 11.6. The second kappa shape index (κ2) is 5.87. The van der Waals surface area contributed by atoms with Gasteiger partial charge in [0.1, 0.15) is 5.75 Å². The Hall–Kier alpha value is -1.55. The zero-order valence-electron chi connectivity index (χ0n) is 10.6. The lowest BCUT2D eigenvalue weighted by Crippen LogP contribution is -2.41. The van der Waals surface area contributed by atoms with Crippen LogP contribution in [0.4, 0.5) is 0 Å². The first kappa shape index (κ1) is 12.9. The molecule has 0 aromatic heterocycles. The third-order valence-corrected chi connectivity index (χ3v) is 3.07. The van der Waals surface area contributed by atoms with E-state index in [9.17, 15) is 4.79 Å². The van der Waals surface area contributed by atoms with Gasteiger partial charge in [0.25, 0.3) is 5.91 Å². The predicted molar refractivity (Wildman–Crippen MR) is 68.5 cm³/mol. The average Bonchev–Trinajstić information content (AvgIpc) is 2.83. The van der Waals surface area contributed by atoms with Crippen molar-refractivity contribution < 1.29 is 14.3 Å². The molecule has 0 unspecified atom stereocenters. The van der Waals surface area contributed by atoms with Gasteiger partial charge in [0, 0.05) is 13.2 Å². The molecule has 1 N–H and O–H groups in total. The lowest BCUT2D eigenvalue weighted by Gasteiger charge is -2.23. The smallest absolute Gasteiger partial charge is 0.258 e. The molecule has 98 valence electrons. The summed E-state index contributed by atoms with van der Waals surface area (Å²) in [6, 6.07) is 9.32. The molecule has 0 spiro atoms. The number of ether oxygens (including phenoxy) is 2. The number of carbonyl (C=O) groups is 1. The van der Waals surface area contributed by atoms with E-state index >= 15 is 0 Å². The number of hydrogen-bond acceptors (Lipinski definition) is 3. The van der Waals surface area contributed by atoms with Crippen LogP contribution >= 0.6 is 0 Å². The van der Waals surface area contributed by atoms with E-state index in [4.69, 9.17) is 9.47 Å². The Bertz CT molecular complexity index is 385. The number of para-hydroxylation sites is 1. The molecule has 1 aromatic carbocycles. The highest BCUT2D eigenvalue weighted by Crippen LogP contribution is 2.23. The fourth-order valence-corrected chi connectivity index (χ4v) is 1.98. The lowest BCUT2D eigenvalue weighted by atomic mass is 10.0. The van der Waals surface area contributed by atoms with Gasteiger partial charge >= 0.3 is 0 Å². The second-order valence-corrected chi connectivity index (χ2v) is 4.78. The van der Waals surface area contributed by atoms with Crippen LogP contribution in [0.25, 0.3) is 0 Å². The quantitative estimate of drug-likeness (QED) is 0.865. The van der Waals surface area contributed by atoms with Crippen molar-refractivity contribution in [2.45, 2.75) is 25.4 Å². The van der Waals surface area contributed by atoms with Crippen LogP contribution in [0.5, 0.6) is 5.75 Å². The van der Waals surface area contributed by atoms with Gasteiger partial charge in [0.2, 0.25) is 0 Å². The minimum absolute atomic E-state index is 0.0418. The minimum Gasteiger partial charge on any atom is -0.484 e. The second-order valence-electron chi connectivity index (χ2n) is 4.78. The van der Waals surface area contributed by atoms with E-state index in [2.05, 4.69) is 5.32 Å². The molecule has 0 radical (unpaired) electrons. The highest BCUT2D eigenvalue weighted by molar-refractivity contribution is 5.77. The van der Waals surface area contributed by atoms with Crippen molar-refractivity contribution in [3.8, 4) is 5.75 Å². The molecule has 1 aliphatic rings. The number of hydrogen-bond donors (Lipinski definition) is 1. The standard InChI is InChI=1S/C14H19NO3/c1-14(8-5-9-18-14)11-15-13(16)10-17-12-6-3-2-4-7-12/h2-4,6-7H,5,8-11H2,1H3,(H,15,16)/t14-/m0/s1. The topological polar surface area (TPSA) is 47.6 Å². The molecule has 1 saturated heterocycles. The Labute approximate surface area is 107 Å². The van der Waals surface area contributed by atoms with Crippen LogP contribution in [0.3, 0.4) is 0 Å². The Morgan fingerprint density at radius 2 is 2.22 bits per heavy atom. The highest BCUT2D eigenvalue weighted by Gasteiger charge is 2.29. The molecule has 1 heterocycles. The maximum absolute atomic E-state index is 11.6. The first-order valence-corrected chi connectivity index (χ1v) is 6.26. The summed E-state index contributed by atoms with van der Waals surface area (Å²) in [6.07, 6.45) is 2.06. The molecule has 2 rings (SSSR count). The van der Waals surface area contributed by atoms with Gasteiger partial charge < -0.3 is 14.8 Å². The Morgan fingerprint density at radius 1 is 1.44 bits per heavy atom. The molecular formula is C14H19NO3. The monoisotopic (exact) mass is 249 g/mol. The van der Waals surface area contributed by atoms with Gasteiger partial charge in [-0.1, -0.05) is 18.2 Å². The van der Waals surface area contributed by atoms with Crippen molar-refractivity contribution in [2.75, 3.05) is 19.8 Å². The number of rotatable bonds is 5.